The lowest BCUT2D eigenvalue weighted by Gasteiger charge is -2.36. The first-order valence-corrected chi connectivity index (χ1v) is 10.7. The molecule has 160 valence electrons. The number of aromatic nitrogens is 1. The number of rotatable bonds is 6. The van der Waals surface area contributed by atoms with Gasteiger partial charge in [0.2, 0.25) is 5.91 Å². The van der Waals surface area contributed by atoms with Crippen LogP contribution in [0.3, 0.4) is 0 Å². The van der Waals surface area contributed by atoms with Crippen molar-refractivity contribution in [3.8, 4) is 16.9 Å². The molecule has 1 aliphatic rings. The maximum absolute atomic E-state index is 13.2. The van der Waals surface area contributed by atoms with Crippen molar-refractivity contribution in [1.29, 1.82) is 0 Å². The minimum atomic E-state index is -0.749. The summed E-state index contributed by atoms with van der Waals surface area (Å²) in [5.74, 6) is 0.855. The highest BCUT2D eigenvalue weighted by Gasteiger charge is 2.49. The number of ether oxygens (including phenoxy) is 1. The molecule has 1 saturated heterocycles. The van der Waals surface area contributed by atoms with Gasteiger partial charge in [0.25, 0.3) is 0 Å². The number of likely N-dealkylation sites (N-methyl/N-ethyl adjacent to an activating group) is 1. The van der Waals surface area contributed by atoms with Gasteiger partial charge in [-0.1, -0.05) is 42.5 Å². The fourth-order valence-corrected chi connectivity index (χ4v) is 4.67. The van der Waals surface area contributed by atoms with E-state index in [1.165, 1.54) is 0 Å². The number of hydrogen-bond donors (Lipinski definition) is 1. The van der Waals surface area contributed by atoms with Crippen LogP contribution in [-0.2, 0) is 16.9 Å². The van der Waals surface area contributed by atoms with Gasteiger partial charge in [-0.2, -0.15) is 0 Å². The molecule has 5 heteroatoms. The highest BCUT2D eigenvalue weighted by molar-refractivity contribution is 5.87. The second kappa shape index (κ2) is 8.90. The Morgan fingerprint density at radius 3 is 2.71 bits per heavy atom. The number of amides is 1. The van der Waals surface area contributed by atoms with Gasteiger partial charge in [-0.05, 0) is 61.7 Å². The Kier molecular flexibility index (Phi) is 6.05. The first-order valence-electron chi connectivity index (χ1n) is 10.7. The van der Waals surface area contributed by atoms with Crippen molar-refractivity contribution < 1.29 is 9.53 Å². The number of nitrogens with zero attached hydrogens (tertiary/aromatic N) is 2. The maximum Gasteiger partial charge on any atom is 0.246 e. The van der Waals surface area contributed by atoms with Crippen LogP contribution in [0.2, 0.25) is 0 Å². The standard InChI is InChI=1S/C26H29N3O2/c1-19-9-6-14-24(28-19)26(25(30)27-2)15-8-16-29(26)18-20-10-7-11-21(17-20)22-12-4-5-13-23(22)31-3/h4-7,9-14,17H,8,15-16,18H2,1-3H3,(H,27,30). The Labute approximate surface area is 184 Å². The normalized spacial score (nSPS) is 18.7. The molecule has 1 aromatic heterocycles. The average Bonchev–Trinajstić information content (AvgIpc) is 3.23. The van der Waals surface area contributed by atoms with Gasteiger partial charge in [0, 0.05) is 24.8 Å². The SMILES string of the molecule is CNC(=O)C1(c2cccc(C)n2)CCCN1Cc1cccc(-c2ccccc2OC)c1. The first kappa shape index (κ1) is 21.1. The van der Waals surface area contributed by atoms with Gasteiger partial charge < -0.3 is 10.1 Å². The third kappa shape index (κ3) is 3.93. The molecule has 2 aromatic carbocycles. The van der Waals surface area contributed by atoms with Crippen molar-refractivity contribution in [2.24, 2.45) is 0 Å². The second-order valence-corrected chi connectivity index (χ2v) is 8.03. The molecule has 31 heavy (non-hydrogen) atoms. The maximum atomic E-state index is 13.2. The number of pyridine rings is 1. The molecule has 1 unspecified atom stereocenters. The molecule has 0 saturated carbocycles. The average molecular weight is 416 g/mol. The monoisotopic (exact) mass is 415 g/mol. The molecule has 1 aliphatic heterocycles. The van der Waals surface area contributed by atoms with Crippen LogP contribution >= 0.6 is 0 Å². The molecule has 0 spiro atoms. The molecule has 1 amide bonds. The molecule has 1 N–H and O–H groups in total. The van der Waals surface area contributed by atoms with Gasteiger partial charge in [0.05, 0.1) is 12.8 Å². The summed E-state index contributed by atoms with van der Waals surface area (Å²) in [6, 6.07) is 22.4. The van der Waals surface area contributed by atoms with E-state index in [1.807, 2.05) is 43.3 Å². The summed E-state index contributed by atoms with van der Waals surface area (Å²) in [5.41, 5.74) is 4.32. The van der Waals surface area contributed by atoms with E-state index >= 15 is 0 Å². The fraction of sp³-hybridized carbons (Fsp3) is 0.308. The zero-order valence-corrected chi connectivity index (χ0v) is 18.4. The largest absolute Gasteiger partial charge is 0.496 e. The van der Waals surface area contributed by atoms with E-state index in [4.69, 9.17) is 9.72 Å². The van der Waals surface area contributed by atoms with Crippen molar-refractivity contribution in [3.05, 3.63) is 83.7 Å². The highest BCUT2D eigenvalue weighted by Crippen LogP contribution is 2.40. The Morgan fingerprint density at radius 1 is 1.13 bits per heavy atom. The van der Waals surface area contributed by atoms with E-state index < -0.39 is 5.54 Å². The molecule has 3 aromatic rings. The third-order valence-electron chi connectivity index (χ3n) is 6.14. The number of carbonyl (C=O) groups excluding carboxylic acids is 1. The molecule has 0 bridgehead atoms. The van der Waals surface area contributed by atoms with Crippen molar-refractivity contribution in [1.82, 2.24) is 15.2 Å². The number of benzene rings is 2. The molecule has 2 heterocycles. The van der Waals surface area contributed by atoms with Gasteiger partial charge >= 0.3 is 0 Å². The highest BCUT2D eigenvalue weighted by atomic mass is 16.5. The lowest BCUT2D eigenvalue weighted by Crippen LogP contribution is -2.52. The zero-order valence-electron chi connectivity index (χ0n) is 18.4. The Hall–Kier alpha value is -3.18. The van der Waals surface area contributed by atoms with Gasteiger partial charge in [0.1, 0.15) is 11.3 Å². The number of para-hydroxylation sites is 1. The van der Waals surface area contributed by atoms with Crippen molar-refractivity contribution in [2.45, 2.75) is 31.8 Å². The van der Waals surface area contributed by atoms with Crippen LogP contribution in [0.5, 0.6) is 5.75 Å². The summed E-state index contributed by atoms with van der Waals surface area (Å²) in [6.45, 7) is 3.49. The van der Waals surface area contributed by atoms with E-state index in [1.54, 1.807) is 14.2 Å². The van der Waals surface area contributed by atoms with E-state index in [2.05, 4.69) is 40.5 Å². The summed E-state index contributed by atoms with van der Waals surface area (Å²) >= 11 is 0. The first-order chi connectivity index (χ1) is 15.1. The molecule has 0 radical (unpaired) electrons. The van der Waals surface area contributed by atoms with E-state index in [0.29, 0.717) is 6.54 Å². The molecular formula is C26H29N3O2. The van der Waals surface area contributed by atoms with Crippen LogP contribution in [-0.4, -0.2) is 36.5 Å². The quantitative estimate of drug-likeness (QED) is 0.652. The van der Waals surface area contributed by atoms with E-state index in [9.17, 15) is 4.79 Å². The Balaban J connectivity index is 1.70. The summed E-state index contributed by atoms with van der Waals surface area (Å²) < 4.78 is 5.55. The molecule has 0 aliphatic carbocycles. The lowest BCUT2D eigenvalue weighted by molar-refractivity contribution is -0.132. The number of nitrogens with one attached hydrogen (secondary N) is 1. The smallest absolute Gasteiger partial charge is 0.246 e. The van der Waals surface area contributed by atoms with Crippen LogP contribution in [0.15, 0.2) is 66.7 Å². The van der Waals surface area contributed by atoms with Crippen LogP contribution < -0.4 is 10.1 Å². The Morgan fingerprint density at radius 2 is 1.94 bits per heavy atom. The topological polar surface area (TPSA) is 54.5 Å². The number of likely N-dealkylation sites (tertiary alicyclic amines) is 1. The fourth-order valence-electron chi connectivity index (χ4n) is 4.67. The second-order valence-electron chi connectivity index (χ2n) is 8.03. The predicted molar refractivity (Wildman–Crippen MR) is 123 cm³/mol. The predicted octanol–water partition coefficient (Wildman–Crippen LogP) is 4.30. The Bertz CT molecular complexity index is 1080. The van der Waals surface area contributed by atoms with E-state index in [0.717, 1.165) is 53.2 Å². The van der Waals surface area contributed by atoms with Gasteiger partial charge in [0.15, 0.2) is 0 Å². The van der Waals surface area contributed by atoms with Crippen LogP contribution in [0.1, 0.15) is 29.8 Å². The molecule has 1 fully saturated rings. The summed E-state index contributed by atoms with van der Waals surface area (Å²) in [6.07, 6.45) is 1.71. The number of methoxy groups -OCH3 is 1. The molecular weight excluding hydrogens is 386 g/mol. The minimum Gasteiger partial charge on any atom is -0.496 e. The number of carbonyl (C=O) groups is 1. The van der Waals surface area contributed by atoms with Crippen LogP contribution in [0.25, 0.3) is 11.1 Å². The summed E-state index contributed by atoms with van der Waals surface area (Å²) in [7, 11) is 3.40. The van der Waals surface area contributed by atoms with Crippen LogP contribution in [0, 0.1) is 6.92 Å². The minimum absolute atomic E-state index is 0.00369. The molecule has 5 nitrogen and oxygen atoms in total. The summed E-state index contributed by atoms with van der Waals surface area (Å²) in [5, 5.41) is 2.90. The van der Waals surface area contributed by atoms with Gasteiger partial charge in [-0.3, -0.25) is 14.7 Å². The van der Waals surface area contributed by atoms with E-state index in [-0.39, 0.29) is 5.91 Å². The zero-order chi connectivity index (χ0) is 21.8. The third-order valence-corrected chi connectivity index (χ3v) is 6.14. The lowest BCUT2D eigenvalue weighted by atomic mass is 9.89. The number of hydrogen-bond acceptors (Lipinski definition) is 4. The van der Waals surface area contributed by atoms with Crippen LogP contribution in [0.4, 0.5) is 0 Å². The summed E-state index contributed by atoms with van der Waals surface area (Å²) in [4.78, 5) is 20.2. The van der Waals surface area contributed by atoms with Crippen molar-refractivity contribution >= 4 is 5.91 Å². The number of aryl methyl sites for hydroxylation is 1. The molecule has 4 rings (SSSR count). The van der Waals surface area contributed by atoms with Crippen molar-refractivity contribution in [3.63, 3.8) is 0 Å². The molecule has 1 atom stereocenters. The van der Waals surface area contributed by atoms with Gasteiger partial charge in [-0.25, -0.2) is 0 Å². The van der Waals surface area contributed by atoms with Gasteiger partial charge in [-0.15, -0.1) is 0 Å². The van der Waals surface area contributed by atoms with Crippen molar-refractivity contribution in [2.75, 3.05) is 20.7 Å².